The van der Waals surface area contributed by atoms with Gasteiger partial charge in [0, 0.05) is 0 Å². The lowest BCUT2D eigenvalue weighted by atomic mass is 9.82. The van der Waals surface area contributed by atoms with Crippen molar-refractivity contribution in [1.82, 2.24) is 0 Å². The first-order valence-electron chi connectivity index (χ1n) is 14.5. The molecular formula is C33H44O5. The van der Waals surface area contributed by atoms with Crippen molar-refractivity contribution in [2.45, 2.75) is 90.9 Å². The van der Waals surface area contributed by atoms with Crippen LogP contribution in [0.15, 0.2) is 60.7 Å². The Morgan fingerprint density at radius 1 is 0.737 bits per heavy atom. The number of hydrogen-bond acceptors (Lipinski definition) is 5. The van der Waals surface area contributed by atoms with E-state index in [1.807, 2.05) is 0 Å². The molecule has 0 N–H and O–H groups in total. The van der Waals surface area contributed by atoms with E-state index in [1.54, 1.807) is 48.5 Å². The quantitative estimate of drug-likeness (QED) is 0.102. The summed E-state index contributed by atoms with van der Waals surface area (Å²) in [6.45, 7) is 5.09. The van der Waals surface area contributed by atoms with Gasteiger partial charge in [0.15, 0.2) is 0 Å². The van der Waals surface area contributed by atoms with Gasteiger partial charge < -0.3 is 14.2 Å². The van der Waals surface area contributed by atoms with Gasteiger partial charge in [0.05, 0.1) is 18.1 Å². The lowest BCUT2D eigenvalue weighted by Gasteiger charge is -2.25. The molecule has 5 heteroatoms. The van der Waals surface area contributed by atoms with Crippen LogP contribution < -0.4 is 14.2 Å². The Morgan fingerprint density at radius 2 is 1.34 bits per heavy atom. The van der Waals surface area contributed by atoms with Crippen molar-refractivity contribution < 1.29 is 23.8 Å². The van der Waals surface area contributed by atoms with Gasteiger partial charge in [-0.1, -0.05) is 64.5 Å². The summed E-state index contributed by atoms with van der Waals surface area (Å²) in [5.74, 6) is 1.52. The zero-order valence-electron chi connectivity index (χ0n) is 23.2. The summed E-state index contributed by atoms with van der Waals surface area (Å²) in [6, 6.07) is 13.6. The molecular weight excluding hydrogens is 476 g/mol. The third-order valence-electron chi connectivity index (χ3n) is 7.08. The number of esters is 2. The summed E-state index contributed by atoms with van der Waals surface area (Å²) in [6.07, 6.45) is 18.0. The van der Waals surface area contributed by atoms with Gasteiger partial charge in [0.2, 0.25) is 0 Å². The fourth-order valence-electron chi connectivity index (χ4n) is 4.70. The lowest BCUT2D eigenvalue weighted by molar-refractivity contribution is -0.140. The van der Waals surface area contributed by atoms with Crippen LogP contribution in [-0.2, 0) is 4.79 Å². The fourth-order valence-corrected chi connectivity index (χ4v) is 4.70. The van der Waals surface area contributed by atoms with Crippen LogP contribution >= 0.6 is 0 Å². The van der Waals surface area contributed by atoms with E-state index >= 15 is 0 Å². The van der Waals surface area contributed by atoms with Crippen LogP contribution in [0.2, 0.25) is 0 Å². The second kappa shape index (κ2) is 16.7. The van der Waals surface area contributed by atoms with E-state index in [2.05, 4.69) is 26.0 Å². The molecule has 1 fully saturated rings. The maximum atomic E-state index is 12.6. The Hall–Kier alpha value is -3.08. The predicted octanol–water partition coefficient (Wildman–Crippen LogP) is 8.71. The van der Waals surface area contributed by atoms with Crippen molar-refractivity contribution >= 4 is 11.9 Å². The maximum absolute atomic E-state index is 12.6. The molecule has 1 saturated carbocycles. The second-order valence-corrected chi connectivity index (χ2v) is 10.3. The first-order valence-corrected chi connectivity index (χ1v) is 14.5. The molecule has 0 spiro atoms. The smallest absolute Gasteiger partial charge is 0.343 e. The first kappa shape index (κ1) is 29.5. The molecule has 2 aromatic carbocycles. The van der Waals surface area contributed by atoms with Gasteiger partial charge in [-0.25, -0.2) is 4.79 Å². The van der Waals surface area contributed by atoms with Gasteiger partial charge in [-0.3, -0.25) is 4.79 Å². The number of unbranched alkanes of at least 4 members (excludes halogenated alkanes) is 6. The molecule has 38 heavy (non-hydrogen) atoms. The van der Waals surface area contributed by atoms with E-state index in [4.69, 9.17) is 14.2 Å². The van der Waals surface area contributed by atoms with Crippen LogP contribution in [0, 0.1) is 11.8 Å². The average Bonchev–Trinajstić information content (AvgIpc) is 2.94. The SMILES string of the molecule is CCCC=C[C@H]1CC[C@H](C(=O)Oc2ccc(OC(=O)c3ccc(OCCCCCCCC)cc3)cc2)CC1. The molecule has 5 nitrogen and oxygen atoms in total. The molecule has 2 aromatic rings. The topological polar surface area (TPSA) is 61.8 Å². The molecule has 1 aliphatic carbocycles. The number of hydrogen-bond donors (Lipinski definition) is 0. The Kier molecular flexibility index (Phi) is 13.0. The summed E-state index contributed by atoms with van der Waals surface area (Å²) in [5.41, 5.74) is 0.451. The first-order chi connectivity index (χ1) is 18.6. The van der Waals surface area contributed by atoms with Crippen molar-refractivity contribution in [3.05, 3.63) is 66.2 Å². The lowest BCUT2D eigenvalue weighted by Crippen LogP contribution is -2.25. The molecule has 0 amide bonds. The van der Waals surface area contributed by atoms with Gasteiger partial charge in [0.25, 0.3) is 0 Å². The summed E-state index contributed by atoms with van der Waals surface area (Å²) < 4.78 is 16.9. The van der Waals surface area contributed by atoms with E-state index in [-0.39, 0.29) is 11.9 Å². The molecule has 0 aromatic heterocycles. The van der Waals surface area contributed by atoms with E-state index in [0.717, 1.165) is 50.7 Å². The molecule has 0 saturated heterocycles. The largest absolute Gasteiger partial charge is 0.494 e. The molecule has 0 atom stereocenters. The minimum absolute atomic E-state index is 0.0546. The molecule has 206 valence electrons. The maximum Gasteiger partial charge on any atom is 0.343 e. The minimum atomic E-state index is -0.443. The van der Waals surface area contributed by atoms with E-state index in [1.165, 1.54) is 32.1 Å². The Bertz CT molecular complexity index is 985. The summed E-state index contributed by atoms with van der Waals surface area (Å²) in [4.78, 5) is 25.1. The van der Waals surface area contributed by atoms with Crippen molar-refractivity contribution in [2.75, 3.05) is 6.61 Å². The molecule has 0 bridgehead atoms. The number of ether oxygens (including phenoxy) is 3. The minimum Gasteiger partial charge on any atom is -0.494 e. The Balaban J connectivity index is 1.38. The monoisotopic (exact) mass is 520 g/mol. The molecule has 3 rings (SSSR count). The zero-order valence-corrected chi connectivity index (χ0v) is 23.2. The summed E-state index contributed by atoms with van der Waals surface area (Å²) in [7, 11) is 0. The molecule has 1 aliphatic rings. The zero-order chi connectivity index (χ0) is 27.0. The summed E-state index contributed by atoms with van der Waals surface area (Å²) in [5, 5.41) is 0. The highest BCUT2D eigenvalue weighted by molar-refractivity contribution is 5.91. The number of carbonyl (C=O) groups is 2. The number of allylic oxidation sites excluding steroid dienone is 2. The van der Waals surface area contributed by atoms with Crippen LogP contribution in [0.1, 0.15) is 101 Å². The predicted molar refractivity (Wildman–Crippen MR) is 152 cm³/mol. The second-order valence-electron chi connectivity index (χ2n) is 10.3. The average molecular weight is 521 g/mol. The van der Waals surface area contributed by atoms with Crippen LogP contribution in [0.25, 0.3) is 0 Å². The van der Waals surface area contributed by atoms with Gasteiger partial charge >= 0.3 is 11.9 Å². The van der Waals surface area contributed by atoms with Crippen molar-refractivity contribution in [3.8, 4) is 17.2 Å². The number of benzene rings is 2. The fraction of sp³-hybridized carbons (Fsp3) is 0.515. The highest BCUT2D eigenvalue weighted by Gasteiger charge is 2.26. The third kappa shape index (κ3) is 10.4. The number of rotatable bonds is 15. The standard InChI is InChI=1S/C33H44O5/c1-3-5-7-8-9-11-25-36-29-19-17-28(18-20-29)33(35)38-31-23-21-30(22-24-31)37-32(34)27-15-13-26(14-16-27)12-10-6-4-2/h10,12,17-24,26-27H,3-9,11,13-16,25H2,1-2H3/t26-,27-. The van der Waals surface area contributed by atoms with Gasteiger partial charge in [-0.05, 0) is 93.0 Å². The van der Waals surface area contributed by atoms with E-state index < -0.39 is 5.97 Å². The Labute approximate surface area is 228 Å². The highest BCUT2D eigenvalue weighted by atomic mass is 16.5. The van der Waals surface area contributed by atoms with Gasteiger partial charge in [0.1, 0.15) is 17.2 Å². The molecule has 0 heterocycles. The van der Waals surface area contributed by atoms with Crippen molar-refractivity contribution in [1.29, 1.82) is 0 Å². The van der Waals surface area contributed by atoms with E-state index in [9.17, 15) is 9.59 Å². The van der Waals surface area contributed by atoms with Gasteiger partial charge in [-0.15, -0.1) is 0 Å². The van der Waals surface area contributed by atoms with Crippen molar-refractivity contribution in [3.63, 3.8) is 0 Å². The van der Waals surface area contributed by atoms with Crippen molar-refractivity contribution in [2.24, 2.45) is 11.8 Å². The van der Waals surface area contributed by atoms with Crippen LogP contribution in [0.4, 0.5) is 0 Å². The highest BCUT2D eigenvalue weighted by Crippen LogP contribution is 2.31. The van der Waals surface area contributed by atoms with Crippen LogP contribution in [-0.4, -0.2) is 18.5 Å². The summed E-state index contributed by atoms with van der Waals surface area (Å²) >= 11 is 0. The third-order valence-corrected chi connectivity index (χ3v) is 7.08. The number of carbonyl (C=O) groups excluding carboxylic acids is 2. The molecule has 0 aliphatic heterocycles. The van der Waals surface area contributed by atoms with Crippen LogP contribution in [0.5, 0.6) is 17.2 Å². The molecule has 0 unspecified atom stereocenters. The Morgan fingerprint density at radius 3 is 2.00 bits per heavy atom. The van der Waals surface area contributed by atoms with Gasteiger partial charge in [-0.2, -0.15) is 0 Å². The normalized spacial score (nSPS) is 17.3. The van der Waals surface area contributed by atoms with E-state index in [0.29, 0.717) is 29.6 Å². The molecule has 0 radical (unpaired) electrons. The van der Waals surface area contributed by atoms with Crippen LogP contribution in [0.3, 0.4) is 0 Å².